The summed E-state index contributed by atoms with van der Waals surface area (Å²) in [7, 11) is -4.11. The number of rotatable bonds is 4. The third-order valence-corrected chi connectivity index (χ3v) is 7.70. The molecule has 0 fully saturated rings. The molecule has 0 aliphatic carbocycles. The lowest BCUT2D eigenvalue weighted by atomic mass is 10.1. The van der Waals surface area contributed by atoms with E-state index in [1.165, 1.54) is 24.3 Å². The Morgan fingerprint density at radius 2 is 0.903 bits per heavy atom. The van der Waals surface area contributed by atoms with Crippen molar-refractivity contribution in [1.82, 2.24) is 0 Å². The maximum absolute atomic E-state index is 14.1. The summed E-state index contributed by atoms with van der Waals surface area (Å²) in [5.74, 6) is -1.10. The van der Waals surface area contributed by atoms with Gasteiger partial charge in [-0.3, -0.25) is 0 Å². The van der Waals surface area contributed by atoms with Gasteiger partial charge in [-0.2, -0.15) is 0 Å². The number of hydrogen-bond acceptors (Lipinski definition) is 2. The second-order valence-corrected chi connectivity index (χ2v) is 10.5. The third kappa shape index (κ3) is 4.49. The first-order valence-electron chi connectivity index (χ1n) is 9.12. The van der Waals surface area contributed by atoms with Crippen LogP contribution in [0.1, 0.15) is 0 Å². The minimum absolute atomic E-state index is 0.0545. The average molecular weight is 564 g/mol. The fourth-order valence-corrected chi connectivity index (χ4v) is 5.49. The molecule has 0 spiro atoms. The number of hydrogen-bond donors (Lipinski definition) is 0. The summed E-state index contributed by atoms with van der Waals surface area (Å²) in [6, 6.07) is 20.9. The van der Waals surface area contributed by atoms with Crippen molar-refractivity contribution in [1.29, 1.82) is 0 Å². The molecule has 0 saturated carbocycles. The van der Waals surface area contributed by atoms with Gasteiger partial charge >= 0.3 is 0 Å². The van der Waals surface area contributed by atoms with E-state index in [-0.39, 0.29) is 20.9 Å². The van der Waals surface area contributed by atoms with Crippen LogP contribution < -0.4 is 0 Å². The van der Waals surface area contributed by atoms with Crippen molar-refractivity contribution < 1.29 is 17.2 Å². The smallest absolute Gasteiger partial charge is 0.207 e. The first-order chi connectivity index (χ1) is 14.8. The van der Waals surface area contributed by atoms with Gasteiger partial charge in [-0.05, 0) is 71.8 Å². The van der Waals surface area contributed by atoms with E-state index < -0.39 is 21.5 Å². The Labute approximate surface area is 195 Å². The molecule has 156 valence electrons. The second kappa shape index (κ2) is 8.65. The molecule has 0 saturated heterocycles. The summed E-state index contributed by atoms with van der Waals surface area (Å²) in [5.41, 5.74) is 1.57. The monoisotopic (exact) mass is 562 g/mol. The van der Waals surface area contributed by atoms with Crippen LogP contribution in [0.2, 0.25) is 0 Å². The summed E-state index contributed by atoms with van der Waals surface area (Å²) < 4.78 is 57.2. The predicted octanol–water partition coefficient (Wildman–Crippen LogP) is 7.66. The Bertz CT molecular complexity index is 1270. The van der Waals surface area contributed by atoms with Crippen LogP contribution >= 0.6 is 31.9 Å². The van der Waals surface area contributed by atoms with Gasteiger partial charge in [-0.1, -0.05) is 56.1 Å². The van der Waals surface area contributed by atoms with Crippen LogP contribution in [0.3, 0.4) is 0 Å². The normalized spacial score (nSPS) is 11.5. The fraction of sp³-hybridized carbons (Fsp3) is 0. The van der Waals surface area contributed by atoms with E-state index in [9.17, 15) is 17.2 Å². The van der Waals surface area contributed by atoms with Crippen molar-refractivity contribution >= 4 is 41.7 Å². The molecular weight excluding hydrogens is 550 g/mol. The van der Waals surface area contributed by atoms with Gasteiger partial charge < -0.3 is 0 Å². The van der Waals surface area contributed by atoms with Crippen LogP contribution in [0.4, 0.5) is 8.78 Å². The van der Waals surface area contributed by atoms with Gasteiger partial charge in [-0.15, -0.1) is 0 Å². The van der Waals surface area contributed by atoms with Gasteiger partial charge in [-0.25, -0.2) is 17.2 Å². The molecule has 0 atom stereocenters. The summed E-state index contributed by atoms with van der Waals surface area (Å²) >= 11 is 6.69. The van der Waals surface area contributed by atoms with E-state index >= 15 is 0 Å². The highest BCUT2D eigenvalue weighted by Crippen LogP contribution is 2.37. The molecule has 0 heterocycles. The summed E-state index contributed by atoms with van der Waals surface area (Å²) in [6.07, 6.45) is 0. The standard InChI is InChI=1S/C24H14Br2F2O2S/c25-17-5-1-15(2-6-17)21-13-19(27)9-11-23(21)31(29,30)24-12-10-20(28)14-22(24)16-3-7-18(26)8-4-16/h1-14H. The van der Waals surface area contributed by atoms with E-state index in [0.717, 1.165) is 21.1 Å². The van der Waals surface area contributed by atoms with Crippen molar-refractivity contribution in [3.63, 3.8) is 0 Å². The molecule has 31 heavy (non-hydrogen) atoms. The Kier molecular flexibility index (Phi) is 6.10. The van der Waals surface area contributed by atoms with E-state index in [1.54, 1.807) is 48.5 Å². The maximum Gasteiger partial charge on any atom is 0.207 e. The lowest BCUT2D eigenvalue weighted by Gasteiger charge is -2.15. The van der Waals surface area contributed by atoms with Gasteiger partial charge in [0.2, 0.25) is 9.84 Å². The highest BCUT2D eigenvalue weighted by molar-refractivity contribution is 9.10. The minimum atomic E-state index is -4.11. The van der Waals surface area contributed by atoms with Crippen molar-refractivity contribution in [2.45, 2.75) is 9.79 Å². The Hall–Kier alpha value is -2.35. The largest absolute Gasteiger partial charge is 0.218 e. The van der Waals surface area contributed by atoms with Gasteiger partial charge in [0.1, 0.15) is 11.6 Å². The lowest BCUT2D eigenvalue weighted by molar-refractivity contribution is 0.594. The summed E-state index contributed by atoms with van der Waals surface area (Å²) in [4.78, 5) is -0.109. The molecule has 7 heteroatoms. The molecule has 0 N–H and O–H groups in total. The summed E-state index contributed by atoms with van der Waals surface area (Å²) in [6.45, 7) is 0. The van der Waals surface area contributed by atoms with Crippen molar-refractivity contribution in [3.05, 3.63) is 106 Å². The predicted molar refractivity (Wildman–Crippen MR) is 125 cm³/mol. The molecule has 4 rings (SSSR count). The molecular formula is C24H14Br2F2O2S. The number of halogens is 4. The first kappa shape index (κ1) is 21.9. The minimum Gasteiger partial charge on any atom is -0.218 e. The highest BCUT2D eigenvalue weighted by atomic mass is 79.9. The molecule has 0 radical (unpaired) electrons. The number of benzene rings is 4. The third-order valence-electron chi connectivity index (χ3n) is 4.77. The van der Waals surface area contributed by atoms with Gasteiger partial charge in [0.25, 0.3) is 0 Å². The van der Waals surface area contributed by atoms with Crippen LogP contribution in [-0.2, 0) is 9.84 Å². The van der Waals surface area contributed by atoms with E-state index in [4.69, 9.17) is 0 Å². The SMILES string of the molecule is O=S(=O)(c1ccc(F)cc1-c1ccc(Br)cc1)c1ccc(F)cc1-c1ccc(Br)cc1. The zero-order valence-corrected chi connectivity index (χ0v) is 19.8. The van der Waals surface area contributed by atoms with E-state index in [2.05, 4.69) is 31.9 Å². The zero-order valence-electron chi connectivity index (χ0n) is 15.8. The molecule has 0 bridgehead atoms. The van der Waals surface area contributed by atoms with Crippen LogP contribution in [0, 0.1) is 11.6 Å². The summed E-state index contributed by atoms with van der Waals surface area (Å²) in [5, 5.41) is 0. The maximum atomic E-state index is 14.1. The topological polar surface area (TPSA) is 34.1 Å². The average Bonchev–Trinajstić information content (AvgIpc) is 2.74. The Morgan fingerprint density at radius 3 is 1.26 bits per heavy atom. The zero-order chi connectivity index (χ0) is 22.2. The molecule has 4 aromatic rings. The van der Waals surface area contributed by atoms with Crippen molar-refractivity contribution in [2.24, 2.45) is 0 Å². The van der Waals surface area contributed by atoms with Crippen LogP contribution in [0.5, 0.6) is 0 Å². The van der Waals surface area contributed by atoms with Gasteiger partial charge in [0.15, 0.2) is 0 Å². The van der Waals surface area contributed by atoms with Crippen molar-refractivity contribution in [2.75, 3.05) is 0 Å². The number of sulfone groups is 1. The van der Waals surface area contributed by atoms with Crippen LogP contribution in [0.15, 0.2) is 104 Å². The van der Waals surface area contributed by atoms with E-state index in [1.807, 2.05) is 0 Å². The van der Waals surface area contributed by atoms with Gasteiger partial charge in [0, 0.05) is 20.1 Å². The molecule has 0 aromatic heterocycles. The first-order valence-corrected chi connectivity index (χ1v) is 12.2. The second-order valence-electron chi connectivity index (χ2n) is 6.80. The Morgan fingerprint density at radius 1 is 0.548 bits per heavy atom. The van der Waals surface area contributed by atoms with Gasteiger partial charge in [0.05, 0.1) is 9.79 Å². The molecule has 4 aromatic carbocycles. The molecule has 0 amide bonds. The lowest BCUT2D eigenvalue weighted by Crippen LogP contribution is -2.07. The van der Waals surface area contributed by atoms with Crippen LogP contribution in [-0.4, -0.2) is 8.42 Å². The van der Waals surface area contributed by atoms with Crippen LogP contribution in [0.25, 0.3) is 22.3 Å². The molecule has 2 nitrogen and oxygen atoms in total. The fourth-order valence-electron chi connectivity index (χ4n) is 3.30. The highest BCUT2D eigenvalue weighted by Gasteiger charge is 2.26. The van der Waals surface area contributed by atoms with Crippen molar-refractivity contribution in [3.8, 4) is 22.3 Å². The molecule has 0 aliphatic heterocycles. The molecule has 0 aliphatic rings. The van der Waals surface area contributed by atoms with E-state index in [0.29, 0.717) is 11.1 Å². The quantitative estimate of drug-likeness (QED) is 0.239. The Balaban J connectivity index is 1.95. The molecule has 0 unspecified atom stereocenters.